The Bertz CT molecular complexity index is 901. The fourth-order valence-electron chi connectivity index (χ4n) is 2.55. The molecule has 0 saturated carbocycles. The van der Waals surface area contributed by atoms with Crippen molar-refractivity contribution in [3.63, 3.8) is 0 Å². The Morgan fingerprint density at radius 1 is 1.04 bits per heavy atom. The van der Waals surface area contributed by atoms with Gasteiger partial charge in [-0.05, 0) is 31.0 Å². The lowest BCUT2D eigenvalue weighted by atomic mass is 10.1. The molecule has 0 aromatic heterocycles. The van der Waals surface area contributed by atoms with Crippen LogP contribution in [-0.2, 0) is 39.0 Å². The van der Waals surface area contributed by atoms with Crippen LogP contribution in [0.4, 0.5) is 0 Å². The number of phosphoric acid groups is 1. The van der Waals surface area contributed by atoms with Crippen molar-refractivity contribution in [2.45, 2.75) is 24.8 Å². The Hall–Kier alpha value is -1.54. The third kappa shape index (κ3) is 5.98. The van der Waals surface area contributed by atoms with Crippen molar-refractivity contribution in [1.29, 1.82) is 0 Å². The van der Waals surface area contributed by atoms with E-state index in [1.165, 1.54) is 12.1 Å². The van der Waals surface area contributed by atoms with Crippen LogP contribution in [0.15, 0.2) is 59.5 Å². The number of benzene rings is 2. The topological polar surface area (TPSA) is 88.1 Å². The number of phosphoric ester groups is 1. The van der Waals surface area contributed by atoms with Gasteiger partial charge >= 0.3 is 7.82 Å². The van der Waals surface area contributed by atoms with E-state index in [-0.39, 0.29) is 37.2 Å². The van der Waals surface area contributed by atoms with Crippen molar-refractivity contribution in [3.05, 3.63) is 65.7 Å². The number of rotatable bonds is 8. The highest BCUT2D eigenvalue weighted by molar-refractivity contribution is 7.86. The molecular weight excluding hydrogens is 403 g/mol. The van der Waals surface area contributed by atoms with Crippen LogP contribution in [0.1, 0.15) is 17.5 Å². The maximum absolute atomic E-state index is 12.4. The first-order chi connectivity index (χ1) is 13.4. The second kappa shape index (κ2) is 9.31. The molecule has 7 nitrogen and oxygen atoms in total. The molecule has 152 valence electrons. The molecule has 3 rings (SSSR count). The molecule has 1 fully saturated rings. The summed E-state index contributed by atoms with van der Waals surface area (Å²) in [6, 6.07) is 15.8. The van der Waals surface area contributed by atoms with Gasteiger partial charge in [-0.25, -0.2) is 4.57 Å². The molecule has 0 amide bonds. The minimum Gasteiger partial charge on any atom is -0.286 e. The van der Waals surface area contributed by atoms with E-state index in [4.69, 9.17) is 17.8 Å². The molecule has 2 aromatic rings. The van der Waals surface area contributed by atoms with Gasteiger partial charge in [0.05, 0.1) is 31.3 Å². The molecule has 1 aliphatic heterocycles. The maximum Gasteiger partial charge on any atom is 0.475 e. The molecule has 28 heavy (non-hydrogen) atoms. The lowest BCUT2D eigenvalue weighted by Gasteiger charge is -2.27. The van der Waals surface area contributed by atoms with Crippen molar-refractivity contribution >= 4 is 17.9 Å². The molecule has 0 radical (unpaired) electrons. The van der Waals surface area contributed by atoms with E-state index >= 15 is 0 Å². The summed E-state index contributed by atoms with van der Waals surface area (Å²) >= 11 is 0. The highest BCUT2D eigenvalue weighted by Gasteiger charge is 2.34. The Kier molecular flexibility index (Phi) is 7.04. The van der Waals surface area contributed by atoms with Crippen LogP contribution in [0.3, 0.4) is 0 Å². The molecule has 0 aliphatic carbocycles. The lowest BCUT2D eigenvalue weighted by Crippen LogP contribution is -2.24. The van der Waals surface area contributed by atoms with E-state index < -0.39 is 17.9 Å². The molecule has 1 heterocycles. The Balaban J connectivity index is 1.41. The minimum atomic E-state index is -3.80. The Morgan fingerprint density at radius 3 is 2.32 bits per heavy atom. The highest BCUT2D eigenvalue weighted by Crippen LogP contribution is 2.53. The summed E-state index contributed by atoms with van der Waals surface area (Å²) in [5.74, 6) is -0.129. The van der Waals surface area contributed by atoms with Gasteiger partial charge in [0.1, 0.15) is 0 Å². The van der Waals surface area contributed by atoms with Crippen LogP contribution in [0.25, 0.3) is 0 Å². The summed E-state index contributed by atoms with van der Waals surface area (Å²) in [5.41, 5.74) is 1.83. The monoisotopic (exact) mass is 426 g/mol. The quantitative estimate of drug-likeness (QED) is 0.464. The normalized spacial score (nSPS) is 22.8. The smallest absolute Gasteiger partial charge is 0.286 e. The van der Waals surface area contributed by atoms with Crippen molar-refractivity contribution in [2.75, 3.05) is 19.8 Å². The van der Waals surface area contributed by atoms with E-state index in [0.29, 0.717) is 6.42 Å². The zero-order valence-corrected chi connectivity index (χ0v) is 17.2. The van der Waals surface area contributed by atoms with Gasteiger partial charge in [-0.2, -0.15) is 8.42 Å². The van der Waals surface area contributed by atoms with E-state index in [2.05, 4.69) is 0 Å². The van der Waals surface area contributed by atoms with Crippen molar-refractivity contribution in [2.24, 2.45) is 5.92 Å². The zero-order chi connectivity index (χ0) is 20.0. The zero-order valence-electron chi connectivity index (χ0n) is 15.5. The number of hydrogen-bond acceptors (Lipinski definition) is 7. The van der Waals surface area contributed by atoms with Crippen LogP contribution in [0, 0.1) is 12.8 Å². The van der Waals surface area contributed by atoms with Gasteiger partial charge in [-0.15, -0.1) is 0 Å². The van der Waals surface area contributed by atoms with Crippen molar-refractivity contribution < 1.29 is 30.7 Å². The number of aryl methyl sites for hydroxylation is 1. The second-order valence-electron chi connectivity index (χ2n) is 6.54. The predicted octanol–water partition coefficient (Wildman–Crippen LogP) is 4.08. The molecule has 0 N–H and O–H groups in total. The van der Waals surface area contributed by atoms with Crippen LogP contribution in [-0.4, -0.2) is 28.2 Å². The van der Waals surface area contributed by atoms with Gasteiger partial charge in [-0.3, -0.25) is 17.8 Å². The van der Waals surface area contributed by atoms with E-state index in [9.17, 15) is 13.0 Å². The summed E-state index contributed by atoms with van der Waals surface area (Å²) in [6.45, 7) is 2.30. The third-order valence-corrected chi connectivity index (χ3v) is 6.95. The van der Waals surface area contributed by atoms with Gasteiger partial charge in [0.2, 0.25) is 0 Å². The third-order valence-electron chi connectivity index (χ3n) is 4.24. The molecule has 9 heteroatoms. The predicted molar refractivity (Wildman–Crippen MR) is 103 cm³/mol. The minimum absolute atomic E-state index is 0.0111. The average Bonchev–Trinajstić information content (AvgIpc) is 2.69. The summed E-state index contributed by atoms with van der Waals surface area (Å²) in [6.07, 6.45) is 0.393. The molecule has 2 aromatic carbocycles. The standard InChI is InChI=1S/C19H23O7PS/c1-16-7-9-19(10-8-16)28(21,22)26-12-11-18-14-24-27(20,25-15-18)23-13-17-5-3-2-4-6-17/h2-10,18H,11-15H2,1H3. The van der Waals surface area contributed by atoms with Gasteiger partial charge < -0.3 is 0 Å². The van der Waals surface area contributed by atoms with Crippen LogP contribution < -0.4 is 0 Å². The van der Waals surface area contributed by atoms with E-state index in [1.807, 2.05) is 37.3 Å². The molecule has 1 saturated heterocycles. The van der Waals surface area contributed by atoms with E-state index in [0.717, 1.165) is 11.1 Å². The molecule has 0 spiro atoms. The van der Waals surface area contributed by atoms with Crippen LogP contribution in [0.5, 0.6) is 0 Å². The van der Waals surface area contributed by atoms with Gasteiger partial charge in [-0.1, -0.05) is 48.0 Å². The lowest BCUT2D eigenvalue weighted by molar-refractivity contribution is 0.0294. The summed E-state index contributed by atoms with van der Waals surface area (Å²) in [4.78, 5) is 0.119. The molecule has 0 bridgehead atoms. The Labute approximate surface area is 165 Å². The first-order valence-electron chi connectivity index (χ1n) is 8.90. The molecule has 1 aliphatic rings. The molecular formula is C19H23O7PS. The van der Waals surface area contributed by atoms with Crippen molar-refractivity contribution in [3.8, 4) is 0 Å². The first kappa shape index (κ1) is 21.2. The van der Waals surface area contributed by atoms with Crippen molar-refractivity contribution in [1.82, 2.24) is 0 Å². The van der Waals surface area contributed by atoms with Crippen LogP contribution in [0.2, 0.25) is 0 Å². The summed E-state index contributed by atoms with van der Waals surface area (Å²) < 4.78 is 57.7. The largest absolute Gasteiger partial charge is 0.475 e. The van der Waals surface area contributed by atoms with Gasteiger partial charge in [0.25, 0.3) is 10.1 Å². The fourth-order valence-corrected chi connectivity index (χ4v) is 4.78. The average molecular weight is 426 g/mol. The molecule has 0 atom stereocenters. The summed E-state index contributed by atoms with van der Waals surface area (Å²) in [7, 11) is -7.39. The fraction of sp³-hybridized carbons (Fsp3) is 0.368. The maximum atomic E-state index is 12.4. The van der Waals surface area contributed by atoms with Crippen LogP contribution >= 0.6 is 7.82 Å². The SMILES string of the molecule is Cc1ccc(S(=O)(=O)OCCC2COP(=O)(OCc3ccccc3)OC2)cc1. The Morgan fingerprint density at radius 2 is 1.68 bits per heavy atom. The second-order valence-corrected chi connectivity index (χ2v) is 9.83. The highest BCUT2D eigenvalue weighted by atomic mass is 32.2. The van der Waals surface area contributed by atoms with E-state index in [1.54, 1.807) is 12.1 Å². The van der Waals surface area contributed by atoms with Gasteiger partial charge in [0, 0.05) is 5.92 Å². The summed E-state index contributed by atoms with van der Waals surface area (Å²) in [5, 5.41) is 0. The molecule has 0 unspecified atom stereocenters. The van der Waals surface area contributed by atoms with Gasteiger partial charge in [0.15, 0.2) is 0 Å². The number of hydrogen-bond donors (Lipinski definition) is 0. The first-order valence-corrected chi connectivity index (χ1v) is 11.8.